The zero-order chi connectivity index (χ0) is 11.6. The van der Waals surface area contributed by atoms with Gasteiger partial charge in [-0.3, -0.25) is 0 Å². The Morgan fingerprint density at radius 3 is 2.82 bits per heavy atom. The maximum atomic E-state index is 2.54. The molecule has 0 aromatic rings. The molecule has 1 saturated heterocycles. The van der Waals surface area contributed by atoms with Crippen LogP contribution in [0.2, 0.25) is 0 Å². The zero-order valence-electron chi connectivity index (χ0n) is 10.3. The van der Waals surface area contributed by atoms with Gasteiger partial charge in [-0.2, -0.15) is 0 Å². The number of hydrogen-bond donors (Lipinski definition) is 0. The molecule has 4 rings (SSSR count). The fourth-order valence-corrected chi connectivity index (χ4v) is 3.86. The van der Waals surface area contributed by atoms with Crippen molar-refractivity contribution >= 4 is 0 Å². The van der Waals surface area contributed by atoms with Gasteiger partial charge in [-0.25, -0.2) is 0 Å². The van der Waals surface area contributed by atoms with Crippen LogP contribution in [0.25, 0.3) is 0 Å². The first kappa shape index (κ1) is 9.58. The Kier molecular flexibility index (Phi) is 1.73. The summed E-state index contributed by atoms with van der Waals surface area (Å²) in [6.45, 7) is 4.72. The van der Waals surface area contributed by atoms with E-state index in [0.29, 0.717) is 30.0 Å². The number of piperidine rings is 1. The minimum absolute atomic E-state index is 0.521. The molecule has 5 unspecified atom stereocenters. The van der Waals surface area contributed by atoms with Crippen molar-refractivity contribution in [2.75, 3.05) is 0 Å². The third-order valence-electron chi connectivity index (χ3n) is 4.96. The van der Waals surface area contributed by atoms with Crippen LogP contribution in [-0.4, -0.2) is 22.0 Å². The Hall–Kier alpha value is -1.44. The van der Waals surface area contributed by atoms with Crippen LogP contribution in [0.3, 0.4) is 0 Å². The minimum atomic E-state index is 0.521. The van der Waals surface area contributed by atoms with E-state index in [1.165, 1.54) is 0 Å². The number of rotatable bonds is 0. The molecule has 17 heavy (non-hydrogen) atoms. The summed E-state index contributed by atoms with van der Waals surface area (Å²) >= 11 is 0. The van der Waals surface area contributed by atoms with Gasteiger partial charge < -0.3 is 9.80 Å². The van der Waals surface area contributed by atoms with E-state index in [4.69, 9.17) is 0 Å². The van der Waals surface area contributed by atoms with E-state index in [0.717, 1.165) is 0 Å². The molecular formula is C15H18N2. The lowest BCUT2D eigenvalue weighted by Gasteiger charge is -2.53. The van der Waals surface area contributed by atoms with Gasteiger partial charge in [-0.1, -0.05) is 36.8 Å². The van der Waals surface area contributed by atoms with Gasteiger partial charge in [0.2, 0.25) is 0 Å². The van der Waals surface area contributed by atoms with Gasteiger partial charge in [0, 0.05) is 36.5 Å². The molecule has 4 aliphatic rings. The largest absolute Gasteiger partial charge is 0.352 e. The Bertz CT molecular complexity index is 471. The highest BCUT2D eigenvalue weighted by Gasteiger charge is 2.49. The normalized spacial score (nSPS) is 45.1. The van der Waals surface area contributed by atoms with Crippen LogP contribution in [0.5, 0.6) is 0 Å². The van der Waals surface area contributed by atoms with Gasteiger partial charge in [0.25, 0.3) is 0 Å². The van der Waals surface area contributed by atoms with Gasteiger partial charge in [-0.15, -0.1) is 0 Å². The second kappa shape index (κ2) is 3.06. The molecule has 2 heteroatoms. The van der Waals surface area contributed by atoms with Crippen molar-refractivity contribution in [1.82, 2.24) is 9.80 Å². The summed E-state index contributed by atoms with van der Waals surface area (Å²) in [5.74, 6) is 1.89. The van der Waals surface area contributed by atoms with E-state index in [-0.39, 0.29) is 0 Å². The summed E-state index contributed by atoms with van der Waals surface area (Å²) in [7, 11) is 0. The maximum Gasteiger partial charge on any atom is 0.112 e. The fourth-order valence-electron chi connectivity index (χ4n) is 3.86. The van der Waals surface area contributed by atoms with Crippen LogP contribution >= 0.6 is 0 Å². The molecule has 0 aromatic carbocycles. The molecule has 1 fully saturated rings. The molecule has 0 radical (unpaired) electrons. The highest BCUT2D eigenvalue weighted by molar-refractivity contribution is 5.35. The van der Waals surface area contributed by atoms with Gasteiger partial charge in [-0.05, 0) is 12.8 Å². The van der Waals surface area contributed by atoms with Crippen molar-refractivity contribution in [3.8, 4) is 0 Å². The van der Waals surface area contributed by atoms with Crippen molar-refractivity contribution in [2.45, 2.75) is 26.1 Å². The Morgan fingerprint density at radius 2 is 1.94 bits per heavy atom. The second-order valence-electron chi connectivity index (χ2n) is 5.63. The lowest BCUT2D eigenvalue weighted by Crippen LogP contribution is -2.57. The van der Waals surface area contributed by atoms with Gasteiger partial charge in [0.1, 0.15) is 6.17 Å². The standard InChI is InChI=1S/C15H18N2/c1-10-11(2)17-9-8-16-7-6-12-4-3-5-13(10)14(12)15(16)17/h3-12,14-15H,1-2H3. The Morgan fingerprint density at radius 1 is 1.06 bits per heavy atom. The smallest absolute Gasteiger partial charge is 0.112 e. The van der Waals surface area contributed by atoms with Crippen molar-refractivity contribution in [3.05, 3.63) is 48.5 Å². The quantitative estimate of drug-likeness (QED) is 0.626. The summed E-state index contributed by atoms with van der Waals surface area (Å²) in [6, 6.07) is 0.599. The van der Waals surface area contributed by atoms with Crippen molar-refractivity contribution in [3.63, 3.8) is 0 Å². The summed E-state index contributed by atoms with van der Waals surface area (Å²) in [5, 5.41) is 0. The maximum absolute atomic E-state index is 2.54. The lowest BCUT2D eigenvalue weighted by molar-refractivity contribution is 0.0337. The molecule has 0 N–H and O–H groups in total. The molecule has 0 spiro atoms. The Labute approximate surface area is 103 Å². The summed E-state index contributed by atoms with van der Waals surface area (Å²) in [4.78, 5) is 4.92. The number of allylic oxidation sites excluding steroid dienone is 4. The minimum Gasteiger partial charge on any atom is -0.352 e. The predicted molar refractivity (Wildman–Crippen MR) is 68.6 cm³/mol. The zero-order valence-corrected chi connectivity index (χ0v) is 10.3. The first-order valence-electron chi connectivity index (χ1n) is 6.57. The summed E-state index contributed by atoms with van der Waals surface area (Å²) in [6.07, 6.45) is 16.6. The monoisotopic (exact) mass is 226 g/mol. The average molecular weight is 226 g/mol. The molecular weight excluding hydrogens is 208 g/mol. The van der Waals surface area contributed by atoms with E-state index in [1.807, 2.05) is 0 Å². The molecule has 3 heterocycles. The first-order chi connectivity index (χ1) is 8.27. The first-order valence-corrected chi connectivity index (χ1v) is 6.57. The van der Waals surface area contributed by atoms with Gasteiger partial charge >= 0.3 is 0 Å². The molecule has 0 saturated carbocycles. The van der Waals surface area contributed by atoms with Crippen LogP contribution in [0.1, 0.15) is 13.8 Å². The van der Waals surface area contributed by atoms with Crippen LogP contribution in [0.4, 0.5) is 0 Å². The molecule has 3 aliphatic heterocycles. The molecule has 0 bridgehead atoms. The molecule has 88 valence electrons. The van der Waals surface area contributed by atoms with E-state index < -0.39 is 0 Å². The third kappa shape index (κ3) is 1.06. The van der Waals surface area contributed by atoms with Gasteiger partial charge in [0.15, 0.2) is 0 Å². The highest BCUT2D eigenvalue weighted by atomic mass is 15.4. The number of nitrogens with zero attached hydrogens (tertiary/aromatic N) is 2. The van der Waals surface area contributed by atoms with Crippen molar-refractivity contribution < 1.29 is 0 Å². The van der Waals surface area contributed by atoms with E-state index in [1.54, 1.807) is 5.57 Å². The van der Waals surface area contributed by atoms with Crippen LogP contribution < -0.4 is 0 Å². The molecule has 0 aromatic heterocycles. The predicted octanol–water partition coefficient (Wildman–Crippen LogP) is 2.70. The highest BCUT2D eigenvalue weighted by Crippen LogP contribution is 2.48. The fraction of sp³-hybridized carbons (Fsp3) is 0.467. The van der Waals surface area contributed by atoms with Crippen LogP contribution in [0, 0.1) is 17.8 Å². The Balaban J connectivity index is 1.88. The number of hydrogen-bond acceptors (Lipinski definition) is 2. The molecule has 5 atom stereocenters. The second-order valence-corrected chi connectivity index (χ2v) is 5.63. The van der Waals surface area contributed by atoms with E-state index in [2.05, 4.69) is 66.6 Å². The van der Waals surface area contributed by atoms with Crippen LogP contribution in [-0.2, 0) is 0 Å². The molecule has 2 nitrogen and oxygen atoms in total. The van der Waals surface area contributed by atoms with Crippen molar-refractivity contribution in [2.24, 2.45) is 17.8 Å². The average Bonchev–Trinajstić information content (AvgIpc) is 2.79. The van der Waals surface area contributed by atoms with Crippen molar-refractivity contribution in [1.29, 1.82) is 0 Å². The lowest BCUT2D eigenvalue weighted by atomic mass is 9.69. The van der Waals surface area contributed by atoms with Gasteiger partial charge in [0.05, 0.1) is 0 Å². The summed E-state index contributed by atoms with van der Waals surface area (Å²) in [5.41, 5.74) is 1.64. The molecule has 1 aliphatic carbocycles. The van der Waals surface area contributed by atoms with Crippen LogP contribution in [0.15, 0.2) is 48.5 Å². The SMILES string of the molecule is CC1C2=CC=CC3C=CN4C=CN(C1C)C4C23. The van der Waals surface area contributed by atoms with E-state index >= 15 is 0 Å². The summed E-state index contributed by atoms with van der Waals surface area (Å²) < 4.78 is 0. The topological polar surface area (TPSA) is 6.48 Å². The third-order valence-corrected chi connectivity index (χ3v) is 4.96. The molecule has 0 amide bonds. The van der Waals surface area contributed by atoms with E-state index in [9.17, 15) is 0 Å².